The fourth-order valence-electron chi connectivity index (χ4n) is 2.09. The minimum absolute atomic E-state index is 0.242. The van der Waals surface area contributed by atoms with Crippen molar-refractivity contribution in [3.05, 3.63) is 30.5 Å². The molecule has 0 fully saturated rings. The van der Waals surface area contributed by atoms with Crippen molar-refractivity contribution in [2.24, 2.45) is 5.92 Å². The van der Waals surface area contributed by atoms with Crippen molar-refractivity contribution in [2.45, 2.75) is 19.9 Å². The molecule has 5 nitrogen and oxygen atoms in total. The van der Waals surface area contributed by atoms with Gasteiger partial charge in [-0.25, -0.2) is 4.98 Å². The van der Waals surface area contributed by atoms with Crippen molar-refractivity contribution >= 4 is 5.82 Å². The van der Waals surface area contributed by atoms with Crippen LogP contribution in [0.25, 0.3) is 5.69 Å². The van der Waals surface area contributed by atoms with Crippen LogP contribution < -0.4 is 5.32 Å². The second-order valence-electron chi connectivity index (χ2n) is 4.32. The number of nitrogens with one attached hydrogen (secondary N) is 1. The van der Waals surface area contributed by atoms with Crippen LogP contribution in [0.4, 0.5) is 5.82 Å². The average Bonchev–Trinajstić information content (AvgIpc) is 2.76. The van der Waals surface area contributed by atoms with Gasteiger partial charge in [0.05, 0.1) is 36.1 Å². The van der Waals surface area contributed by atoms with Crippen LogP contribution in [0.5, 0.6) is 0 Å². The number of nitrogens with zero attached hydrogens (tertiary/aromatic N) is 4. The van der Waals surface area contributed by atoms with E-state index in [9.17, 15) is 0 Å². The van der Waals surface area contributed by atoms with Gasteiger partial charge in [0.2, 0.25) is 0 Å². The number of rotatable bonds is 1. The Kier molecular flexibility index (Phi) is 1.92. The van der Waals surface area contributed by atoms with Crippen LogP contribution in [0.1, 0.15) is 25.6 Å². The molecular weight excluding hydrogens is 202 g/mol. The zero-order chi connectivity index (χ0) is 11.1. The highest BCUT2D eigenvalue weighted by Crippen LogP contribution is 2.34. The molecule has 3 heterocycles. The zero-order valence-electron chi connectivity index (χ0n) is 9.25. The lowest BCUT2D eigenvalue weighted by Gasteiger charge is -2.29. The summed E-state index contributed by atoms with van der Waals surface area (Å²) in [6, 6.07) is 2.18. The largest absolute Gasteiger partial charge is 0.358 e. The monoisotopic (exact) mass is 215 g/mol. The second kappa shape index (κ2) is 3.30. The molecule has 0 saturated carbocycles. The number of aromatic nitrogens is 4. The first-order chi connectivity index (χ1) is 7.77. The molecule has 0 bridgehead atoms. The predicted molar refractivity (Wildman–Crippen MR) is 60.4 cm³/mol. The summed E-state index contributed by atoms with van der Waals surface area (Å²) >= 11 is 0. The van der Waals surface area contributed by atoms with Crippen LogP contribution in [0.15, 0.2) is 24.8 Å². The van der Waals surface area contributed by atoms with Crippen molar-refractivity contribution in [2.75, 3.05) is 5.32 Å². The first kappa shape index (κ1) is 9.33. The third-order valence-corrected chi connectivity index (χ3v) is 2.90. The maximum Gasteiger partial charge on any atom is 0.173 e. The van der Waals surface area contributed by atoms with Crippen LogP contribution in [-0.2, 0) is 0 Å². The Morgan fingerprint density at radius 2 is 2.31 bits per heavy atom. The Morgan fingerprint density at radius 1 is 1.44 bits per heavy atom. The highest BCUT2D eigenvalue weighted by atomic mass is 15.2. The summed E-state index contributed by atoms with van der Waals surface area (Å²) in [5.41, 5.74) is 2.19. The standard InChI is InChI=1S/C11H13N5/c1-7(2)10-9-5-12-6-16(9)8-3-4-13-15-11(8)14-10/h3-7,10H,1-2H3,(H,14,15)/t10-/m0/s1. The Hall–Kier alpha value is -1.91. The van der Waals surface area contributed by atoms with Crippen molar-refractivity contribution < 1.29 is 0 Å². The van der Waals surface area contributed by atoms with Crippen LogP contribution in [0.2, 0.25) is 0 Å². The van der Waals surface area contributed by atoms with Crippen LogP contribution >= 0.6 is 0 Å². The molecule has 16 heavy (non-hydrogen) atoms. The third-order valence-electron chi connectivity index (χ3n) is 2.90. The summed E-state index contributed by atoms with van der Waals surface area (Å²) in [6.07, 6.45) is 5.42. The maximum absolute atomic E-state index is 4.21. The SMILES string of the molecule is CC(C)[C@@H]1Nc2nnccc2-n2cncc21. The summed E-state index contributed by atoms with van der Waals surface area (Å²) in [6.45, 7) is 4.35. The van der Waals surface area contributed by atoms with Crippen molar-refractivity contribution in [1.29, 1.82) is 0 Å². The van der Waals surface area contributed by atoms with E-state index in [0.717, 1.165) is 11.5 Å². The number of anilines is 1. The summed E-state index contributed by atoms with van der Waals surface area (Å²) in [5, 5.41) is 11.4. The van der Waals surface area contributed by atoms with Gasteiger partial charge in [-0.2, -0.15) is 5.10 Å². The molecule has 0 aliphatic carbocycles. The van der Waals surface area contributed by atoms with E-state index in [-0.39, 0.29) is 6.04 Å². The summed E-state index contributed by atoms with van der Waals surface area (Å²) in [5.74, 6) is 1.30. The maximum atomic E-state index is 4.21. The fourth-order valence-corrected chi connectivity index (χ4v) is 2.09. The van der Waals surface area contributed by atoms with Crippen LogP contribution in [0, 0.1) is 5.92 Å². The normalized spacial score (nSPS) is 17.8. The molecule has 5 heteroatoms. The van der Waals surface area contributed by atoms with Crippen LogP contribution in [0.3, 0.4) is 0 Å². The molecule has 82 valence electrons. The topological polar surface area (TPSA) is 55.6 Å². The van der Waals surface area contributed by atoms with E-state index in [1.807, 2.05) is 18.6 Å². The number of hydrogen-bond acceptors (Lipinski definition) is 4. The van der Waals surface area contributed by atoms with Gasteiger partial charge in [0.15, 0.2) is 5.82 Å². The van der Waals surface area contributed by atoms with Crippen molar-refractivity contribution in [3.63, 3.8) is 0 Å². The van der Waals surface area contributed by atoms with Gasteiger partial charge in [-0.15, -0.1) is 5.10 Å². The van der Waals surface area contributed by atoms with E-state index in [2.05, 4.69) is 38.9 Å². The first-order valence-electron chi connectivity index (χ1n) is 5.38. The quantitative estimate of drug-likeness (QED) is 0.787. The molecule has 3 rings (SSSR count). The number of hydrogen-bond donors (Lipinski definition) is 1. The lowest BCUT2D eigenvalue weighted by atomic mass is 9.99. The van der Waals surface area contributed by atoms with Gasteiger partial charge >= 0.3 is 0 Å². The van der Waals surface area contributed by atoms with E-state index < -0.39 is 0 Å². The zero-order valence-corrected chi connectivity index (χ0v) is 9.25. The molecule has 0 amide bonds. The van der Waals surface area contributed by atoms with Gasteiger partial charge in [-0.1, -0.05) is 13.8 Å². The van der Waals surface area contributed by atoms with E-state index in [1.54, 1.807) is 6.20 Å². The minimum atomic E-state index is 0.242. The lowest BCUT2D eigenvalue weighted by molar-refractivity contribution is 0.517. The molecule has 1 aliphatic heterocycles. The molecule has 0 saturated heterocycles. The number of imidazole rings is 1. The van der Waals surface area contributed by atoms with E-state index in [0.29, 0.717) is 5.92 Å². The molecule has 2 aromatic heterocycles. The van der Waals surface area contributed by atoms with Crippen LogP contribution in [-0.4, -0.2) is 19.7 Å². The van der Waals surface area contributed by atoms with Gasteiger partial charge in [0.25, 0.3) is 0 Å². The average molecular weight is 215 g/mol. The summed E-state index contributed by atoms with van der Waals surface area (Å²) in [4.78, 5) is 4.21. The summed E-state index contributed by atoms with van der Waals surface area (Å²) < 4.78 is 2.07. The smallest absolute Gasteiger partial charge is 0.173 e. The Bertz CT molecular complexity index is 517. The molecule has 1 aliphatic rings. The Labute approximate surface area is 93.5 Å². The second-order valence-corrected chi connectivity index (χ2v) is 4.32. The van der Waals surface area contributed by atoms with Gasteiger partial charge < -0.3 is 5.32 Å². The Morgan fingerprint density at radius 3 is 3.12 bits per heavy atom. The van der Waals surface area contributed by atoms with E-state index in [1.165, 1.54) is 5.69 Å². The predicted octanol–water partition coefficient (Wildman–Crippen LogP) is 1.78. The lowest BCUT2D eigenvalue weighted by Crippen LogP contribution is -2.25. The molecular formula is C11H13N5. The molecule has 0 radical (unpaired) electrons. The molecule has 0 aromatic carbocycles. The van der Waals surface area contributed by atoms with E-state index in [4.69, 9.17) is 0 Å². The number of fused-ring (bicyclic) bond motifs is 3. The third kappa shape index (κ3) is 1.21. The first-order valence-corrected chi connectivity index (χ1v) is 5.38. The van der Waals surface area contributed by atoms with Gasteiger partial charge in [0.1, 0.15) is 0 Å². The molecule has 2 aromatic rings. The Balaban J connectivity index is 2.19. The van der Waals surface area contributed by atoms with Gasteiger partial charge in [-0.05, 0) is 12.0 Å². The highest BCUT2D eigenvalue weighted by Gasteiger charge is 2.27. The van der Waals surface area contributed by atoms with Gasteiger partial charge in [0, 0.05) is 0 Å². The minimum Gasteiger partial charge on any atom is -0.358 e. The molecule has 1 N–H and O–H groups in total. The van der Waals surface area contributed by atoms with Gasteiger partial charge in [-0.3, -0.25) is 4.57 Å². The highest BCUT2D eigenvalue weighted by molar-refractivity contribution is 5.59. The summed E-state index contributed by atoms with van der Waals surface area (Å²) in [7, 11) is 0. The molecule has 0 unspecified atom stereocenters. The van der Waals surface area contributed by atoms with E-state index >= 15 is 0 Å². The van der Waals surface area contributed by atoms with Crippen molar-refractivity contribution in [1.82, 2.24) is 19.7 Å². The van der Waals surface area contributed by atoms with Crippen molar-refractivity contribution in [3.8, 4) is 5.69 Å². The molecule has 0 spiro atoms. The molecule has 1 atom stereocenters. The fraction of sp³-hybridized carbons (Fsp3) is 0.364.